The van der Waals surface area contributed by atoms with Crippen molar-refractivity contribution in [2.24, 2.45) is 10.9 Å². The molecule has 0 aromatic carbocycles. The average molecular weight is 216 g/mol. The van der Waals surface area contributed by atoms with Gasteiger partial charge in [0.25, 0.3) is 0 Å². The maximum atomic E-state index is 11.3. The molecule has 0 aromatic rings. The summed E-state index contributed by atoms with van der Waals surface area (Å²) >= 11 is 0. The molecule has 0 saturated carbocycles. The van der Waals surface area contributed by atoms with Gasteiger partial charge in [0.15, 0.2) is 0 Å². The van der Waals surface area contributed by atoms with E-state index in [1.165, 1.54) is 0 Å². The zero-order chi connectivity index (χ0) is 12.1. The van der Waals surface area contributed by atoms with Gasteiger partial charge >= 0.3 is 0 Å². The summed E-state index contributed by atoms with van der Waals surface area (Å²) in [4.78, 5) is 3.81. The molecule has 4 heteroatoms. The minimum atomic E-state index is -0.595. The van der Waals surface area contributed by atoms with Crippen molar-refractivity contribution in [1.82, 2.24) is 0 Å². The second-order valence-electron chi connectivity index (χ2n) is 5.08. The van der Waals surface area contributed by atoms with E-state index in [1.807, 2.05) is 13.8 Å². The predicted molar refractivity (Wildman–Crippen MR) is 58.6 cm³/mol. The molecule has 0 spiro atoms. The van der Waals surface area contributed by atoms with E-state index in [-0.39, 0.29) is 12.6 Å². The van der Waals surface area contributed by atoms with Crippen molar-refractivity contribution in [3.8, 4) is 0 Å². The molecule has 0 unspecified atom stereocenters. The van der Waals surface area contributed by atoms with E-state index in [0.29, 0.717) is 12.3 Å². The Morgan fingerprint density at radius 2 is 1.93 bits per heavy atom. The van der Waals surface area contributed by atoms with Crippen molar-refractivity contribution in [2.45, 2.75) is 52.7 Å². The minimum absolute atomic E-state index is 0.114. The summed E-state index contributed by atoms with van der Waals surface area (Å²) in [6.07, 6.45) is 0.0950. The highest BCUT2D eigenvalue weighted by Crippen LogP contribution is 2.10. The van der Waals surface area contributed by atoms with Crippen LogP contribution >= 0.6 is 0 Å². The summed E-state index contributed by atoms with van der Waals surface area (Å²) < 4.78 is 5.03. The Morgan fingerprint density at radius 3 is 2.27 bits per heavy atom. The molecule has 90 valence electrons. The van der Waals surface area contributed by atoms with E-state index in [9.17, 15) is 5.11 Å². The molecule has 0 aliphatic carbocycles. The number of hydrogen-bond acceptors (Lipinski definition) is 4. The summed E-state index contributed by atoms with van der Waals surface area (Å²) in [5.41, 5.74) is -0.529. The molecule has 0 bridgehead atoms. The summed E-state index contributed by atoms with van der Waals surface area (Å²) in [6.45, 7) is 9.29. The zero-order valence-electron chi connectivity index (χ0n) is 10.3. The van der Waals surface area contributed by atoms with E-state index in [1.54, 1.807) is 20.8 Å². The fourth-order valence-corrected chi connectivity index (χ4v) is 1.15. The predicted octanol–water partition coefficient (Wildman–Crippen LogP) is 0.925. The summed E-state index contributed by atoms with van der Waals surface area (Å²) in [5, 5.41) is 20.3. The first-order chi connectivity index (χ1) is 6.74. The molecular weight excluding hydrogens is 194 g/mol. The monoisotopic (exact) mass is 216 g/mol. The lowest BCUT2D eigenvalue weighted by Gasteiger charge is -2.30. The second-order valence-corrected chi connectivity index (χ2v) is 5.08. The van der Waals surface area contributed by atoms with Gasteiger partial charge in [-0.25, -0.2) is 0 Å². The van der Waals surface area contributed by atoms with Gasteiger partial charge in [0, 0.05) is 5.60 Å². The normalized spacial score (nSPS) is 15.5. The molecule has 0 saturated heterocycles. The Balaban J connectivity index is 4.29. The summed E-state index contributed by atoms with van der Waals surface area (Å²) in [6, 6.07) is -0.347. The molecule has 0 rings (SSSR count). The molecule has 4 nitrogen and oxygen atoms in total. The van der Waals surface area contributed by atoms with E-state index in [4.69, 9.17) is 9.84 Å². The van der Waals surface area contributed by atoms with Crippen molar-refractivity contribution in [2.75, 3.05) is 6.61 Å². The van der Waals surface area contributed by atoms with Crippen LogP contribution in [0.5, 0.6) is 0 Å². The van der Waals surface area contributed by atoms with Gasteiger partial charge in [-0.1, -0.05) is 34.6 Å². The number of nitrogens with zero attached hydrogens (tertiary/aromatic N) is 1. The van der Waals surface area contributed by atoms with Crippen LogP contribution in [0.15, 0.2) is 4.99 Å². The number of rotatable bonds is 4. The van der Waals surface area contributed by atoms with Crippen LogP contribution in [-0.4, -0.2) is 29.4 Å². The smallest absolute Gasteiger partial charge is 0.146 e. The highest BCUT2D eigenvalue weighted by molar-refractivity contribution is 5.62. The zero-order valence-corrected chi connectivity index (χ0v) is 10.3. The van der Waals surface area contributed by atoms with Crippen molar-refractivity contribution >= 4 is 6.08 Å². The van der Waals surface area contributed by atoms with Crippen LogP contribution in [0.3, 0.4) is 0 Å². The first kappa shape index (κ1) is 14.2. The van der Waals surface area contributed by atoms with Crippen LogP contribution in [0.1, 0.15) is 41.0 Å². The lowest BCUT2D eigenvalue weighted by molar-refractivity contribution is -0.261. The maximum absolute atomic E-state index is 11.3. The van der Waals surface area contributed by atoms with Gasteiger partial charge in [0.05, 0.1) is 12.6 Å². The number of ether oxygens (including phenoxy) is 1. The highest BCUT2D eigenvalue weighted by atomic mass is 16.6. The Labute approximate surface area is 92.0 Å². The third kappa shape index (κ3) is 8.24. The Hall–Kier alpha value is -0.770. The number of aliphatic hydroxyl groups is 1. The van der Waals surface area contributed by atoms with Crippen LogP contribution in [0.4, 0.5) is 0 Å². The van der Waals surface area contributed by atoms with Gasteiger partial charge in [-0.2, -0.15) is 0 Å². The topological polar surface area (TPSA) is 64.9 Å². The third-order valence-corrected chi connectivity index (χ3v) is 1.64. The third-order valence-electron chi connectivity index (χ3n) is 1.64. The quantitative estimate of drug-likeness (QED) is 0.561. The molecule has 1 N–H and O–H groups in total. The summed E-state index contributed by atoms with van der Waals surface area (Å²) in [7, 11) is 0. The molecule has 0 amide bonds. The largest absolute Gasteiger partial charge is 0.595 e. The van der Waals surface area contributed by atoms with Gasteiger partial charge in [-0.15, -0.1) is 0 Å². The minimum Gasteiger partial charge on any atom is -0.595 e. The van der Waals surface area contributed by atoms with Gasteiger partial charge < -0.3 is 14.9 Å². The number of aliphatic imine (C=N–C) groups is 1. The fraction of sp³-hybridized carbons (Fsp3) is 0.909. The molecule has 0 radical (unpaired) electrons. The van der Waals surface area contributed by atoms with Crippen LogP contribution in [0, 0.1) is 5.92 Å². The van der Waals surface area contributed by atoms with Crippen LogP contribution in [0.2, 0.25) is 0 Å². The van der Waals surface area contributed by atoms with Crippen molar-refractivity contribution in [1.29, 1.82) is 0 Å². The molecule has 15 heavy (non-hydrogen) atoms. The second kappa shape index (κ2) is 5.95. The first-order valence-electron chi connectivity index (χ1n) is 5.29. The molecule has 0 fully saturated rings. The SMILES string of the molecule is CC(C)C[C@@H](CO)N=C([O-])OC(C)(C)C. The summed E-state index contributed by atoms with van der Waals surface area (Å²) in [5.74, 6) is 0.397. The van der Waals surface area contributed by atoms with Gasteiger partial charge in [-0.3, -0.25) is 4.99 Å². The molecular formula is C11H22NO3-. The molecule has 0 aliphatic heterocycles. The molecule has 0 aromatic heterocycles. The highest BCUT2D eigenvalue weighted by Gasteiger charge is 2.09. The number of hydrogen-bond donors (Lipinski definition) is 1. The van der Waals surface area contributed by atoms with E-state index >= 15 is 0 Å². The van der Waals surface area contributed by atoms with Crippen LogP contribution < -0.4 is 5.11 Å². The fourth-order valence-electron chi connectivity index (χ4n) is 1.15. The molecule has 0 aliphatic rings. The Bertz CT molecular complexity index is 206. The van der Waals surface area contributed by atoms with E-state index < -0.39 is 11.7 Å². The van der Waals surface area contributed by atoms with Crippen molar-refractivity contribution in [3.63, 3.8) is 0 Å². The van der Waals surface area contributed by atoms with E-state index in [0.717, 1.165) is 0 Å². The van der Waals surface area contributed by atoms with Crippen LogP contribution in [-0.2, 0) is 4.74 Å². The van der Waals surface area contributed by atoms with Crippen molar-refractivity contribution in [3.05, 3.63) is 0 Å². The van der Waals surface area contributed by atoms with Gasteiger partial charge in [0.1, 0.15) is 6.08 Å². The van der Waals surface area contributed by atoms with E-state index in [2.05, 4.69) is 4.99 Å². The standard InChI is InChI=1S/C11H23NO3/c1-8(2)6-9(7-13)12-10(14)15-11(3,4)5/h8-9,13H,6-7H2,1-5H3,(H,12,14)/p-1/t9-/m0/s1. The van der Waals surface area contributed by atoms with Gasteiger partial charge in [0.2, 0.25) is 0 Å². The Morgan fingerprint density at radius 1 is 1.40 bits per heavy atom. The van der Waals surface area contributed by atoms with Gasteiger partial charge in [-0.05, 0) is 12.3 Å². The van der Waals surface area contributed by atoms with Crippen LogP contribution in [0.25, 0.3) is 0 Å². The lowest BCUT2D eigenvalue weighted by atomic mass is 10.1. The molecule has 1 atom stereocenters. The Kier molecular flexibility index (Phi) is 5.65. The average Bonchev–Trinajstić information content (AvgIpc) is 1.98. The lowest BCUT2D eigenvalue weighted by Crippen LogP contribution is -2.33. The first-order valence-corrected chi connectivity index (χ1v) is 5.29. The number of aliphatic hydroxyl groups excluding tert-OH is 1. The molecule has 0 heterocycles. The maximum Gasteiger partial charge on any atom is 0.146 e. The van der Waals surface area contributed by atoms with Crippen molar-refractivity contribution < 1.29 is 14.9 Å².